The van der Waals surface area contributed by atoms with Gasteiger partial charge in [-0.15, -0.1) is 0 Å². The molecule has 2 aliphatic rings. The third kappa shape index (κ3) is 4.15. The van der Waals surface area contributed by atoms with Crippen LogP contribution in [0.4, 0.5) is 0 Å². The van der Waals surface area contributed by atoms with Gasteiger partial charge in [0.1, 0.15) is 30.5 Å². The average Bonchev–Trinajstić information content (AvgIpc) is 2.58. The molecule has 2 heterocycles. The van der Waals surface area contributed by atoms with E-state index in [0.29, 0.717) is 0 Å². The Morgan fingerprint density at radius 1 is 0.840 bits per heavy atom. The van der Waals surface area contributed by atoms with Gasteiger partial charge in [0.2, 0.25) is 0 Å². The van der Waals surface area contributed by atoms with Gasteiger partial charge >= 0.3 is 0 Å². The van der Waals surface area contributed by atoms with Crippen LogP contribution in [0, 0.1) is 11.8 Å². The molecule has 2 rings (SSSR count). The quantitative estimate of drug-likeness (QED) is 0.313. The second-order valence-corrected chi connectivity index (χ2v) is 7.21. The van der Waals surface area contributed by atoms with Crippen molar-refractivity contribution < 1.29 is 44.8 Å². The van der Waals surface area contributed by atoms with Gasteiger partial charge in [-0.25, -0.2) is 0 Å². The van der Waals surface area contributed by atoms with Crippen LogP contribution in [0.1, 0.15) is 20.8 Å². The first-order chi connectivity index (χ1) is 11.7. The van der Waals surface area contributed by atoms with Gasteiger partial charge < -0.3 is 44.8 Å². The number of ether oxygens (including phenoxy) is 3. The van der Waals surface area contributed by atoms with E-state index >= 15 is 0 Å². The van der Waals surface area contributed by atoms with Gasteiger partial charge in [-0.05, 0) is 5.92 Å². The summed E-state index contributed by atoms with van der Waals surface area (Å²) in [5.74, 6) is -0.616. The number of aliphatic hydroxyl groups is 6. The number of rotatable bonds is 5. The second kappa shape index (κ2) is 8.55. The van der Waals surface area contributed by atoms with Gasteiger partial charge in [0.05, 0.1) is 31.5 Å². The maximum atomic E-state index is 10.4. The molecule has 0 unspecified atom stereocenters. The van der Waals surface area contributed by atoms with Crippen LogP contribution in [0.5, 0.6) is 0 Å². The lowest BCUT2D eigenvalue weighted by Crippen LogP contribution is -2.63. The van der Waals surface area contributed by atoms with Gasteiger partial charge in [0.25, 0.3) is 0 Å². The van der Waals surface area contributed by atoms with E-state index in [2.05, 4.69) is 0 Å². The lowest BCUT2D eigenvalue weighted by molar-refractivity contribution is -0.337. The molecule has 0 aromatic carbocycles. The van der Waals surface area contributed by atoms with Crippen LogP contribution in [-0.2, 0) is 14.2 Å². The van der Waals surface area contributed by atoms with Crippen LogP contribution in [0.25, 0.3) is 0 Å². The molecule has 25 heavy (non-hydrogen) atoms. The van der Waals surface area contributed by atoms with E-state index in [4.69, 9.17) is 14.2 Å². The molecule has 2 fully saturated rings. The first kappa shape index (κ1) is 20.9. The summed E-state index contributed by atoms with van der Waals surface area (Å²) in [6, 6.07) is 0. The number of hydrogen-bond acceptors (Lipinski definition) is 9. The molecule has 0 radical (unpaired) electrons. The van der Waals surface area contributed by atoms with Crippen LogP contribution in [0.15, 0.2) is 0 Å². The third-order valence-corrected chi connectivity index (χ3v) is 5.09. The standard InChI is InChI=1S/C16H30O9/c1-6(2)14-11(20)12(21)15(9(5-18)23-14)25-16-13(22)10(19)7(3)8(4-17)24-16/h6-22H,4-5H2,1-3H3/t7-,8-,9-,10+,11-,12-,13-,14-,15-,16-/m1/s1. The molecule has 0 aliphatic carbocycles. The molecule has 0 saturated carbocycles. The summed E-state index contributed by atoms with van der Waals surface area (Å²) in [6.07, 6.45) is -10.1. The van der Waals surface area contributed by atoms with E-state index < -0.39 is 67.6 Å². The normalized spacial score (nSPS) is 48.7. The molecule has 2 aliphatic heterocycles. The zero-order chi connectivity index (χ0) is 18.9. The predicted molar refractivity (Wildman–Crippen MR) is 84.4 cm³/mol. The Bertz CT molecular complexity index is 416. The summed E-state index contributed by atoms with van der Waals surface area (Å²) in [5.41, 5.74) is 0. The van der Waals surface area contributed by atoms with Gasteiger partial charge in [-0.3, -0.25) is 0 Å². The summed E-state index contributed by atoms with van der Waals surface area (Å²) >= 11 is 0. The highest BCUT2D eigenvalue weighted by Gasteiger charge is 2.50. The van der Waals surface area contributed by atoms with E-state index in [1.165, 1.54) is 0 Å². The molecule has 9 heteroatoms. The minimum Gasteiger partial charge on any atom is -0.394 e. The van der Waals surface area contributed by atoms with Crippen molar-refractivity contribution in [3.63, 3.8) is 0 Å². The van der Waals surface area contributed by atoms with Gasteiger partial charge in [0.15, 0.2) is 6.29 Å². The number of aliphatic hydroxyl groups excluding tert-OH is 6. The molecule has 6 N–H and O–H groups in total. The molecule has 148 valence electrons. The SMILES string of the molecule is CC(C)[C@H]1O[C@H](CO)[C@@H](O[C@H]2O[C@H](CO)[C@@H](C)[C@H](O)[C@H]2O)[C@H](O)[C@H]1O. The van der Waals surface area contributed by atoms with Crippen molar-refractivity contribution in [3.8, 4) is 0 Å². The molecule has 10 atom stereocenters. The van der Waals surface area contributed by atoms with Gasteiger partial charge in [-0.1, -0.05) is 20.8 Å². The maximum Gasteiger partial charge on any atom is 0.187 e. The Morgan fingerprint density at radius 2 is 1.44 bits per heavy atom. The fourth-order valence-corrected chi connectivity index (χ4v) is 3.38. The molecule has 0 spiro atoms. The molecule has 0 aromatic rings. The zero-order valence-corrected chi connectivity index (χ0v) is 14.7. The van der Waals surface area contributed by atoms with Crippen molar-refractivity contribution in [1.29, 1.82) is 0 Å². The van der Waals surface area contributed by atoms with E-state index in [9.17, 15) is 30.6 Å². The summed E-state index contributed by atoms with van der Waals surface area (Å²) in [4.78, 5) is 0. The molecule has 0 amide bonds. The van der Waals surface area contributed by atoms with Crippen LogP contribution in [-0.4, -0.2) is 99.0 Å². The highest BCUT2D eigenvalue weighted by atomic mass is 16.7. The lowest BCUT2D eigenvalue weighted by Gasteiger charge is -2.47. The highest BCUT2D eigenvalue weighted by Crippen LogP contribution is 2.32. The molecule has 0 bridgehead atoms. The Hall–Kier alpha value is -0.360. The largest absolute Gasteiger partial charge is 0.394 e. The first-order valence-corrected chi connectivity index (χ1v) is 8.63. The molecule has 0 aromatic heterocycles. The van der Waals surface area contributed by atoms with Crippen LogP contribution >= 0.6 is 0 Å². The van der Waals surface area contributed by atoms with Crippen molar-refractivity contribution in [2.75, 3.05) is 13.2 Å². The molecule has 9 nitrogen and oxygen atoms in total. The van der Waals surface area contributed by atoms with E-state index in [1.54, 1.807) is 6.92 Å². The Morgan fingerprint density at radius 3 is 1.96 bits per heavy atom. The lowest BCUT2D eigenvalue weighted by atomic mass is 9.88. The fraction of sp³-hybridized carbons (Fsp3) is 1.00. The monoisotopic (exact) mass is 366 g/mol. The zero-order valence-electron chi connectivity index (χ0n) is 14.7. The summed E-state index contributed by atoms with van der Waals surface area (Å²) in [5, 5.41) is 59.8. The van der Waals surface area contributed by atoms with E-state index in [1.807, 2.05) is 13.8 Å². The first-order valence-electron chi connectivity index (χ1n) is 8.63. The average molecular weight is 366 g/mol. The number of hydrogen-bond donors (Lipinski definition) is 6. The molecular formula is C16H30O9. The summed E-state index contributed by atoms with van der Waals surface area (Å²) in [7, 11) is 0. The van der Waals surface area contributed by atoms with Gasteiger partial charge in [-0.2, -0.15) is 0 Å². The minimum atomic E-state index is -1.41. The van der Waals surface area contributed by atoms with Gasteiger partial charge in [0, 0.05) is 5.92 Å². The van der Waals surface area contributed by atoms with Crippen LogP contribution in [0.2, 0.25) is 0 Å². The second-order valence-electron chi connectivity index (χ2n) is 7.21. The van der Waals surface area contributed by atoms with E-state index in [0.717, 1.165) is 0 Å². The minimum absolute atomic E-state index is 0.0994. The van der Waals surface area contributed by atoms with Crippen molar-refractivity contribution >= 4 is 0 Å². The Kier molecular flexibility index (Phi) is 7.17. The Balaban J connectivity index is 2.14. The molecule has 2 saturated heterocycles. The third-order valence-electron chi connectivity index (χ3n) is 5.09. The smallest absolute Gasteiger partial charge is 0.187 e. The summed E-state index contributed by atoms with van der Waals surface area (Å²) < 4.78 is 16.7. The van der Waals surface area contributed by atoms with Crippen molar-refractivity contribution in [2.24, 2.45) is 11.8 Å². The maximum absolute atomic E-state index is 10.4. The Labute approximate surface area is 146 Å². The topological polar surface area (TPSA) is 149 Å². The predicted octanol–water partition coefficient (Wildman–Crippen LogP) is -2.42. The van der Waals surface area contributed by atoms with Crippen LogP contribution < -0.4 is 0 Å². The van der Waals surface area contributed by atoms with Crippen molar-refractivity contribution in [2.45, 2.75) is 75.9 Å². The van der Waals surface area contributed by atoms with E-state index in [-0.39, 0.29) is 12.5 Å². The van der Waals surface area contributed by atoms with Crippen molar-refractivity contribution in [1.82, 2.24) is 0 Å². The van der Waals surface area contributed by atoms with Crippen molar-refractivity contribution in [3.05, 3.63) is 0 Å². The highest BCUT2D eigenvalue weighted by molar-refractivity contribution is 4.95. The molecular weight excluding hydrogens is 336 g/mol. The fourth-order valence-electron chi connectivity index (χ4n) is 3.38. The summed E-state index contributed by atoms with van der Waals surface area (Å²) in [6.45, 7) is 4.40. The van der Waals surface area contributed by atoms with Crippen LogP contribution in [0.3, 0.4) is 0 Å².